The van der Waals surface area contributed by atoms with Crippen LogP contribution in [0.4, 0.5) is 10.2 Å². The highest BCUT2D eigenvalue weighted by Gasteiger charge is 2.36. The topological polar surface area (TPSA) is 92.8 Å². The molecule has 1 unspecified atom stereocenters. The highest BCUT2D eigenvalue weighted by molar-refractivity contribution is 9.10. The number of hydrogen-bond acceptors (Lipinski definition) is 7. The number of carbonyl (C=O) groups is 1. The van der Waals surface area contributed by atoms with Crippen LogP contribution in [0.1, 0.15) is 68.3 Å². The van der Waals surface area contributed by atoms with Gasteiger partial charge in [0.15, 0.2) is 11.8 Å². The molecule has 1 saturated heterocycles. The molecule has 1 atom stereocenters. The smallest absolute Gasteiger partial charge is 0.337 e. The van der Waals surface area contributed by atoms with Gasteiger partial charge in [0.25, 0.3) is 0 Å². The maximum Gasteiger partial charge on any atom is 0.337 e. The minimum Gasteiger partial charge on any atom is -0.479 e. The third-order valence-electron chi connectivity index (χ3n) is 7.61. The molecule has 1 fully saturated rings. The van der Waals surface area contributed by atoms with Crippen molar-refractivity contribution in [2.24, 2.45) is 5.41 Å². The average molecular weight is 657 g/mol. The minimum absolute atomic E-state index is 0.0120. The summed E-state index contributed by atoms with van der Waals surface area (Å²) in [5.74, 6) is -0.690. The SMILES string of the molecule is C=CC1(C)CCN(c2c(C(OC(C)(C)C)C(=O)O)c(C)nc3cc(-c4ncc(Cc5ccc(F)cc5Br)s4)nn23)CC1. The van der Waals surface area contributed by atoms with E-state index in [1.165, 1.54) is 23.5 Å². The molecule has 4 aromatic rings. The highest BCUT2D eigenvalue weighted by Crippen LogP contribution is 2.40. The van der Waals surface area contributed by atoms with E-state index in [-0.39, 0.29) is 11.2 Å². The lowest BCUT2D eigenvalue weighted by Gasteiger charge is -2.40. The number of carboxylic acids is 1. The Kier molecular flexibility index (Phi) is 8.30. The summed E-state index contributed by atoms with van der Waals surface area (Å²) in [6.45, 7) is 15.0. The van der Waals surface area contributed by atoms with Crippen LogP contribution >= 0.6 is 27.3 Å². The standard InChI is InChI=1S/C31H35BrFN5O3S/c1-7-31(6)10-12-37(13-11-31)28-25(26(29(39)40)41-30(3,4)5)18(2)35-24-16-23(36-38(24)28)27-34-17-21(42-27)14-19-8-9-20(33)15-22(19)32/h7-9,15-17,26H,1,10-14H2,2-6H3,(H,39,40). The van der Waals surface area contributed by atoms with Crippen molar-refractivity contribution in [3.05, 3.63) is 75.1 Å². The Morgan fingerprint density at radius 2 is 2.02 bits per heavy atom. The third kappa shape index (κ3) is 6.28. The Hall–Kier alpha value is -3.15. The Morgan fingerprint density at radius 3 is 2.64 bits per heavy atom. The number of carboxylic acid groups (broad SMARTS) is 1. The van der Waals surface area contributed by atoms with E-state index in [1.54, 1.807) is 10.6 Å². The van der Waals surface area contributed by atoms with Gasteiger partial charge in [0, 0.05) is 46.8 Å². The van der Waals surface area contributed by atoms with E-state index < -0.39 is 17.7 Å². The number of aromatic nitrogens is 4. The first-order valence-electron chi connectivity index (χ1n) is 13.9. The molecule has 0 radical (unpaired) electrons. The Bertz CT molecular complexity index is 1650. The number of halogens is 2. The molecule has 5 rings (SSSR count). The summed E-state index contributed by atoms with van der Waals surface area (Å²) in [6, 6.07) is 6.55. The van der Waals surface area contributed by atoms with E-state index in [2.05, 4.69) is 39.3 Å². The predicted octanol–water partition coefficient (Wildman–Crippen LogP) is 7.39. The van der Waals surface area contributed by atoms with E-state index in [4.69, 9.17) is 14.8 Å². The van der Waals surface area contributed by atoms with Gasteiger partial charge in [-0.2, -0.15) is 9.61 Å². The second kappa shape index (κ2) is 11.5. The molecule has 1 aliphatic rings. The zero-order valence-corrected chi connectivity index (χ0v) is 26.9. The number of piperidine rings is 1. The number of hydrogen-bond donors (Lipinski definition) is 1. The lowest BCUT2D eigenvalue weighted by atomic mass is 9.80. The average Bonchev–Trinajstić information content (AvgIpc) is 3.55. The van der Waals surface area contributed by atoms with Crippen LogP contribution in [0.3, 0.4) is 0 Å². The molecule has 0 aliphatic carbocycles. The van der Waals surface area contributed by atoms with Crippen molar-refractivity contribution in [1.29, 1.82) is 0 Å². The van der Waals surface area contributed by atoms with Crippen molar-refractivity contribution < 1.29 is 19.0 Å². The fourth-order valence-electron chi connectivity index (χ4n) is 5.21. The second-order valence-corrected chi connectivity index (χ2v) is 14.0. The fourth-order valence-corrected chi connectivity index (χ4v) is 6.59. The van der Waals surface area contributed by atoms with Crippen LogP contribution in [0.2, 0.25) is 0 Å². The van der Waals surface area contributed by atoms with E-state index >= 15 is 0 Å². The summed E-state index contributed by atoms with van der Waals surface area (Å²) in [5, 5.41) is 16.0. The van der Waals surface area contributed by atoms with E-state index in [9.17, 15) is 14.3 Å². The molecule has 42 heavy (non-hydrogen) atoms. The van der Waals surface area contributed by atoms with Gasteiger partial charge >= 0.3 is 5.97 Å². The molecule has 8 nitrogen and oxygen atoms in total. The second-order valence-electron chi connectivity index (χ2n) is 12.1. The number of benzene rings is 1. The van der Waals surface area contributed by atoms with Crippen molar-refractivity contribution in [3.8, 4) is 10.7 Å². The van der Waals surface area contributed by atoms with Crippen LogP contribution in [0, 0.1) is 18.2 Å². The monoisotopic (exact) mass is 655 g/mol. The van der Waals surface area contributed by atoms with Gasteiger partial charge in [0.05, 0.1) is 11.2 Å². The fraction of sp³-hybridized carbons (Fsp3) is 0.419. The maximum atomic E-state index is 13.6. The largest absolute Gasteiger partial charge is 0.479 e. The zero-order chi connectivity index (χ0) is 30.4. The lowest BCUT2D eigenvalue weighted by Crippen LogP contribution is -2.40. The molecule has 11 heteroatoms. The normalized spacial score (nSPS) is 16.1. The van der Waals surface area contributed by atoms with Gasteiger partial charge in [-0.1, -0.05) is 35.0 Å². The predicted molar refractivity (Wildman–Crippen MR) is 167 cm³/mol. The van der Waals surface area contributed by atoms with Gasteiger partial charge < -0.3 is 14.7 Å². The van der Waals surface area contributed by atoms with Crippen molar-refractivity contribution >= 4 is 44.7 Å². The van der Waals surface area contributed by atoms with Gasteiger partial charge in [0.2, 0.25) is 0 Å². The number of nitrogens with zero attached hydrogens (tertiary/aromatic N) is 5. The van der Waals surface area contributed by atoms with Gasteiger partial charge in [0.1, 0.15) is 22.3 Å². The van der Waals surface area contributed by atoms with Gasteiger partial charge in [-0.25, -0.2) is 19.2 Å². The molecule has 4 heterocycles. The number of fused-ring (bicyclic) bond motifs is 1. The highest BCUT2D eigenvalue weighted by atomic mass is 79.9. The van der Waals surface area contributed by atoms with Crippen LogP contribution in [-0.2, 0) is 16.0 Å². The molecule has 1 N–H and O–H groups in total. The van der Waals surface area contributed by atoms with Crippen LogP contribution in [0.5, 0.6) is 0 Å². The number of ether oxygens (including phenoxy) is 1. The number of rotatable bonds is 8. The molecule has 1 aromatic carbocycles. The Balaban J connectivity index is 1.59. The Labute approximate surface area is 257 Å². The van der Waals surface area contributed by atoms with Gasteiger partial charge in [-0.3, -0.25) is 0 Å². The lowest BCUT2D eigenvalue weighted by molar-refractivity contribution is -0.160. The van der Waals surface area contributed by atoms with E-state index in [1.807, 2.05) is 46.0 Å². The molecular weight excluding hydrogens is 621 g/mol. The van der Waals surface area contributed by atoms with Gasteiger partial charge in [-0.15, -0.1) is 17.9 Å². The summed E-state index contributed by atoms with van der Waals surface area (Å²) in [4.78, 5) is 25.3. The third-order valence-corrected chi connectivity index (χ3v) is 9.37. The van der Waals surface area contributed by atoms with Crippen molar-refractivity contribution in [2.45, 2.75) is 65.6 Å². The number of aryl methyl sites for hydroxylation is 1. The first-order valence-corrected chi connectivity index (χ1v) is 15.5. The summed E-state index contributed by atoms with van der Waals surface area (Å²) in [5.41, 5.74) is 2.61. The molecular formula is C31H35BrFN5O3S. The van der Waals surface area contributed by atoms with Crippen molar-refractivity contribution in [1.82, 2.24) is 19.6 Å². The zero-order valence-electron chi connectivity index (χ0n) is 24.4. The van der Waals surface area contributed by atoms with Crippen molar-refractivity contribution in [2.75, 3.05) is 18.0 Å². The molecule has 222 valence electrons. The minimum atomic E-state index is -1.22. The molecule has 0 bridgehead atoms. The quantitative estimate of drug-likeness (QED) is 0.198. The van der Waals surface area contributed by atoms with Crippen LogP contribution in [0.15, 0.2) is 47.6 Å². The Morgan fingerprint density at radius 1 is 1.31 bits per heavy atom. The summed E-state index contributed by atoms with van der Waals surface area (Å²) < 4.78 is 22.1. The first kappa shape index (κ1) is 30.3. The molecule has 0 spiro atoms. The number of aliphatic carboxylic acids is 1. The van der Waals surface area contributed by atoms with Crippen LogP contribution in [0.25, 0.3) is 16.3 Å². The van der Waals surface area contributed by atoms with Crippen LogP contribution < -0.4 is 4.90 Å². The van der Waals surface area contributed by atoms with E-state index in [0.717, 1.165) is 28.3 Å². The first-order chi connectivity index (χ1) is 19.8. The van der Waals surface area contributed by atoms with Crippen molar-refractivity contribution in [3.63, 3.8) is 0 Å². The molecule has 0 amide bonds. The molecule has 1 aliphatic heterocycles. The number of allylic oxidation sites excluding steroid dienone is 1. The number of anilines is 1. The van der Waals surface area contributed by atoms with E-state index in [0.29, 0.717) is 52.4 Å². The summed E-state index contributed by atoms with van der Waals surface area (Å²) in [7, 11) is 0. The molecule has 3 aromatic heterocycles. The number of thiazole rings is 1. The molecule has 0 saturated carbocycles. The summed E-state index contributed by atoms with van der Waals surface area (Å²) in [6.07, 6.45) is 4.94. The van der Waals surface area contributed by atoms with Crippen LogP contribution in [-0.4, -0.2) is 49.3 Å². The maximum absolute atomic E-state index is 13.6. The summed E-state index contributed by atoms with van der Waals surface area (Å²) >= 11 is 4.96. The van der Waals surface area contributed by atoms with Gasteiger partial charge in [-0.05, 0) is 63.6 Å².